The first-order chi connectivity index (χ1) is 9.77. The van der Waals surface area contributed by atoms with Crippen molar-refractivity contribution in [3.63, 3.8) is 0 Å². The zero-order chi connectivity index (χ0) is 13.9. The summed E-state index contributed by atoms with van der Waals surface area (Å²) in [5.41, 5.74) is 0.937. The van der Waals surface area contributed by atoms with Crippen LogP contribution in [0.5, 0.6) is 0 Å². The molecule has 0 aromatic heterocycles. The molecule has 0 amide bonds. The highest BCUT2D eigenvalue weighted by atomic mass is 16.4. The van der Waals surface area contributed by atoms with E-state index in [1.165, 1.54) is 0 Å². The van der Waals surface area contributed by atoms with Gasteiger partial charge < -0.3 is 5.11 Å². The van der Waals surface area contributed by atoms with Gasteiger partial charge in [0.2, 0.25) is 0 Å². The van der Waals surface area contributed by atoms with Gasteiger partial charge in [-0.2, -0.15) is 0 Å². The largest absolute Gasteiger partial charge is 0.481 e. The van der Waals surface area contributed by atoms with Crippen molar-refractivity contribution >= 4 is 16.7 Å². The Kier molecular flexibility index (Phi) is 3.55. The number of allylic oxidation sites excluding steroid dienone is 2. The second kappa shape index (κ2) is 5.49. The maximum Gasteiger partial charge on any atom is 0.311 e. The molecule has 1 aliphatic carbocycles. The fourth-order valence-corrected chi connectivity index (χ4v) is 3.18. The van der Waals surface area contributed by atoms with E-state index in [-0.39, 0.29) is 5.92 Å². The second-order valence-electron chi connectivity index (χ2n) is 5.41. The SMILES string of the molecule is O=C(O)C(c1cccc2ccccc12)[C@H]1C=CCCC1. The molecule has 0 bridgehead atoms. The van der Waals surface area contributed by atoms with Crippen LogP contribution in [0, 0.1) is 5.92 Å². The first kappa shape index (κ1) is 12.9. The molecule has 2 heteroatoms. The van der Waals surface area contributed by atoms with Crippen LogP contribution in [0.3, 0.4) is 0 Å². The Morgan fingerprint density at radius 3 is 2.70 bits per heavy atom. The van der Waals surface area contributed by atoms with Crippen LogP contribution < -0.4 is 0 Å². The number of hydrogen-bond acceptors (Lipinski definition) is 1. The molecular formula is C18H18O2. The minimum atomic E-state index is -0.724. The molecule has 1 N–H and O–H groups in total. The molecule has 0 radical (unpaired) electrons. The Hall–Kier alpha value is -2.09. The van der Waals surface area contributed by atoms with Crippen LogP contribution in [-0.4, -0.2) is 11.1 Å². The lowest BCUT2D eigenvalue weighted by molar-refractivity contribution is -0.139. The number of fused-ring (bicyclic) bond motifs is 1. The van der Waals surface area contributed by atoms with E-state index in [2.05, 4.69) is 12.2 Å². The lowest BCUT2D eigenvalue weighted by atomic mass is 9.79. The molecule has 1 unspecified atom stereocenters. The number of carboxylic acid groups (broad SMARTS) is 1. The van der Waals surface area contributed by atoms with Gasteiger partial charge >= 0.3 is 5.97 Å². The van der Waals surface area contributed by atoms with Crippen LogP contribution in [0.2, 0.25) is 0 Å². The number of rotatable bonds is 3. The van der Waals surface area contributed by atoms with Gasteiger partial charge in [-0.05, 0) is 41.5 Å². The minimum absolute atomic E-state index is 0.104. The van der Waals surface area contributed by atoms with Crippen LogP contribution >= 0.6 is 0 Å². The van der Waals surface area contributed by atoms with Crippen molar-refractivity contribution in [3.05, 3.63) is 60.2 Å². The molecule has 2 atom stereocenters. The van der Waals surface area contributed by atoms with Crippen LogP contribution in [0.25, 0.3) is 10.8 Å². The molecule has 0 aliphatic heterocycles. The van der Waals surface area contributed by atoms with Gasteiger partial charge in [0.05, 0.1) is 5.92 Å². The van der Waals surface area contributed by atoms with E-state index in [0.717, 1.165) is 35.6 Å². The monoisotopic (exact) mass is 266 g/mol. The Bertz CT molecular complexity index is 652. The average Bonchev–Trinajstić information content (AvgIpc) is 2.48. The summed E-state index contributed by atoms with van der Waals surface area (Å²) in [6.07, 6.45) is 7.31. The van der Waals surface area contributed by atoms with Gasteiger partial charge in [0, 0.05) is 0 Å². The molecule has 2 aromatic rings. The number of benzene rings is 2. The predicted molar refractivity (Wildman–Crippen MR) is 80.8 cm³/mol. The summed E-state index contributed by atoms with van der Waals surface area (Å²) in [5.74, 6) is -1.07. The Morgan fingerprint density at radius 2 is 1.95 bits per heavy atom. The highest BCUT2D eigenvalue weighted by Gasteiger charge is 2.29. The van der Waals surface area contributed by atoms with Crippen molar-refractivity contribution in [1.82, 2.24) is 0 Å². The van der Waals surface area contributed by atoms with Crippen LogP contribution in [-0.2, 0) is 4.79 Å². The lowest BCUT2D eigenvalue weighted by Crippen LogP contribution is -2.21. The number of hydrogen-bond donors (Lipinski definition) is 1. The molecule has 0 saturated carbocycles. The summed E-state index contributed by atoms with van der Waals surface area (Å²) < 4.78 is 0. The summed E-state index contributed by atoms with van der Waals surface area (Å²) in [6.45, 7) is 0. The third kappa shape index (κ3) is 2.34. The Morgan fingerprint density at radius 1 is 1.15 bits per heavy atom. The third-order valence-electron chi connectivity index (χ3n) is 4.14. The van der Waals surface area contributed by atoms with E-state index >= 15 is 0 Å². The van der Waals surface area contributed by atoms with Crippen molar-refractivity contribution in [3.8, 4) is 0 Å². The molecule has 0 fully saturated rings. The van der Waals surface area contributed by atoms with E-state index in [4.69, 9.17) is 0 Å². The summed E-state index contributed by atoms with van der Waals surface area (Å²) >= 11 is 0. The van der Waals surface area contributed by atoms with Gasteiger partial charge in [-0.15, -0.1) is 0 Å². The maximum atomic E-state index is 11.8. The second-order valence-corrected chi connectivity index (χ2v) is 5.41. The molecule has 3 rings (SSSR count). The van der Waals surface area contributed by atoms with Crippen molar-refractivity contribution < 1.29 is 9.90 Å². The van der Waals surface area contributed by atoms with E-state index < -0.39 is 11.9 Å². The van der Waals surface area contributed by atoms with Gasteiger partial charge in [0.25, 0.3) is 0 Å². The topological polar surface area (TPSA) is 37.3 Å². The Labute approximate surface area is 118 Å². The molecule has 2 aromatic carbocycles. The molecular weight excluding hydrogens is 248 g/mol. The zero-order valence-electron chi connectivity index (χ0n) is 11.3. The highest BCUT2D eigenvalue weighted by molar-refractivity contribution is 5.91. The van der Waals surface area contributed by atoms with Crippen LogP contribution in [0.15, 0.2) is 54.6 Å². The van der Waals surface area contributed by atoms with Gasteiger partial charge in [0.1, 0.15) is 0 Å². The summed E-state index contributed by atoms with van der Waals surface area (Å²) in [6, 6.07) is 14.0. The van der Waals surface area contributed by atoms with Crippen LogP contribution in [0.1, 0.15) is 30.7 Å². The smallest absolute Gasteiger partial charge is 0.311 e. The average molecular weight is 266 g/mol. The summed E-state index contributed by atoms with van der Waals surface area (Å²) in [4.78, 5) is 11.8. The van der Waals surface area contributed by atoms with E-state index in [1.807, 2.05) is 42.5 Å². The highest BCUT2D eigenvalue weighted by Crippen LogP contribution is 2.36. The van der Waals surface area contributed by atoms with E-state index in [0.29, 0.717) is 0 Å². The predicted octanol–water partition coefficient (Wildman–Crippen LogP) is 4.36. The molecule has 0 saturated heterocycles. The summed E-state index contributed by atoms with van der Waals surface area (Å²) in [5, 5.41) is 11.9. The fourth-order valence-electron chi connectivity index (χ4n) is 3.18. The molecule has 2 nitrogen and oxygen atoms in total. The fraction of sp³-hybridized carbons (Fsp3) is 0.278. The molecule has 0 spiro atoms. The number of carbonyl (C=O) groups is 1. The minimum Gasteiger partial charge on any atom is -0.481 e. The molecule has 20 heavy (non-hydrogen) atoms. The molecule has 0 heterocycles. The van der Waals surface area contributed by atoms with Crippen molar-refractivity contribution in [2.24, 2.45) is 5.92 Å². The van der Waals surface area contributed by atoms with Gasteiger partial charge in [-0.3, -0.25) is 4.79 Å². The molecule has 1 aliphatic rings. The first-order valence-corrected chi connectivity index (χ1v) is 7.14. The maximum absolute atomic E-state index is 11.8. The van der Waals surface area contributed by atoms with Crippen molar-refractivity contribution in [1.29, 1.82) is 0 Å². The van der Waals surface area contributed by atoms with Crippen molar-refractivity contribution in [2.75, 3.05) is 0 Å². The Balaban J connectivity index is 2.12. The molecule has 102 valence electrons. The van der Waals surface area contributed by atoms with Gasteiger partial charge in [-0.1, -0.05) is 54.6 Å². The van der Waals surface area contributed by atoms with Crippen molar-refractivity contribution in [2.45, 2.75) is 25.2 Å². The number of carboxylic acids is 1. The normalized spacial score (nSPS) is 19.9. The van der Waals surface area contributed by atoms with Gasteiger partial charge in [0.15, 0.2) is 0 Å². The third-order valence-corrected chi connectivity index (χ3v) is 4.14. The first-order valence-electron chi connectivity index (χ1n) is 7.14. The quantitative estimate of drug-likeness (QED) is 0.838. The number of aliphatic carboxylic acids is 1. The van der Waals surface area contributed by atoms with E-state index in [1.54, 1.807) is 0 Å². The summed E-state index contributed by atoms with van der Waals surface area (Å²) in [7, 11) is 0. The van der Waals surface area contributed by atoms with Crippen LogP contribution in [0.4, 0.5) is 0 Å². The zero-order valence-corrected chi connectivity index (χ0v) is 11.3. The van der Waals surface area contributed by atoms with E-state index in [9.17, 15) is 9.90 Å². The lowest BCUT2D eigenvalue weighted by Gasteiger charge is -2.25. The standard InChI is InChI=1S/C18H18O2/c19-18(20)17(14-8-2-1-3-9-14)16-12-6-10-13-7-4-5-11-15(13)16/h2,4-8,10-12,14,17H,1,3,9H2,(H,19,20)/t14-,17?/m0/s1. The van der Waals surface area contributed by atoms with Gasteiger partial charge in [-0.25, -0.2) is 0 Å².